The maximum absolute atomic E-state index is 9.84. The molecule has 5 nitrogen and oxygen atoms in total. The van der Waals surface area contributed by atoms with Crippen molar-refractivity contribution >= 4 is 0 Å². The molecule has 0 saturated carbocycles. The van der Waals surface area contributed by atoms with Gasteiger partial charge >= 0.3 is 0 Å². The zero-order valence-corrected chi connectivity index (χ0v) is 11.5. The molecular formula is C15H20N2O3. The molecule has 0 aliphatic heterocycles. The molecule has 0 amide bonds. The molecule has 2 rings (SSSR count). The van der Waals surface area contributed by atoms with E-state index in [1.165, 1.54) is 0 Å². The molecule has 2 unspecified atom stereocenters. The summed E-state index contributed by atoms with van der Waals surface area (Å²) in [5, 5.41) is 13.1. The first kappa shape index (κ1) is 14.7. The van der Waals surface area contributed by atoms with E-state index >= 15 is 0 Å². The van der Waals surface area contributed by atoms with Crippen molar-refractivity contribution in [1.29, 1.82) is 0 Å². The molecule has 20 heavy (non-hydrogen) atoms. The Morgan fingerprint density at radius 2 is 2.15 bits per heavy atom. The third-order valence-electron chi connectivity index (χ3n) is 3.00. The summed E-state index contributed by atoms with van der Waals surface area (Å²) in [6.07, 6.45) is 4.58. The zero-order chi connectivity index (χ0) is 14.2. The molecule has 0 spiro atoms. The second-order valence-electron chi connectivity index (χ2n) is 4.66. The SMILES string of the molecule is CC(NCC(O)COCc1ccco1)c1ccncc1. The topological polar surface area (TPSA) is 67.5 Å². The third-order valence-corrected chi connectivity index (χ3v) is 3.00. The number of hydrogen-bond acceptors (Lipinski definition) is 5. The first-order chi connectivity index (χ1) is 9.75. The molecule has 2 heterocycles. The van der Waals surface area contributed by atoms with Crippen molar-refractivity contribution in [2.75, 3.05) is 13.2 Å². The van der Waals surface area contributed by atoms with Gasteiger partial charge in [0.25, 0.3) is 0 Å². The molecule has 0 saturated heterocycles. The minimum Gasteiger partial charge on any atom is -0.467 e. The number of nitrogens with one attached hydrogen (secondary N) is 1. The van der Waals surface area contributed by atoms with Crippen molar-refractivity contribution in [1.82, 2.24) is 10.3 Å². The van der Waals surface area contributed by atoms with E-state index in [1.54, 1.807) is 18.7 Å². The summed E-state index contributed by atoms with van der Waals surface area (Å²) in [6, 6.07) is 7.73. The van der Waals surface area contributed by atoms with Crippen molar-refractivity contribution in [3.8, 4) is 0 Å². The van der Waals surface area contributed by atoms with Crippen molar-refractivity contribution in [2.45, 2.75) is 25.7 Å². The van der Waals surface area contributed by atoms with Gasteiger partial charge in [0, 0.05) is 25.0 Å². The van der Waals surface area contributed by atoms with Gasteiger partial charge in [-0.2, -0.15) is 0 Å². The van der Waals surface area contributed by atoms with Crippen LogP contribution in [0.2, 0.25) is 0 Å². The minimum absolute atomic E-state index is 0.165. The number of ether oxygens (including phenoxy) is 1. The van der Waals surface area contributed by atoms with Crippen LogP contribution in [0.3, 0.4) is 0 Å². The zero-order valence-electron chi connectivity index (χ0n) is 11.5. The first-order valence-electron chi connectivity index (χ1n) is 6.67. The maximum atomic E-state index is 9.84. The molecule has 5 heteroatoms. The number of aromatic nitrogens is 1. The molecule has 0 aliphatic carbocycles. The Balaban J connectivity index is 1.63. The van der Waals surface area contributed by atoms with Crippen LogP contribution >= 0.6 is 0 Å². The first-order valence-corrected chi connectivity index (χ1v) is 6.67. The summed E-state index contributed by atoms with van der Waals surface area (Å²) < 4.78 is 10.5. The lowest BCUT2D eigenvalue weighted by Gasteiger charge is -2.17. The molecule has 2 aromatic heterocycles. The molecule has 0 radical (unpaired) electrons. The number of nitrogens with zero attached hydrogens (tertiary/aromatic N) is 1. The number of aliphatic hydroxyl groups excluding tert-OH is 1. The van der Waals surface area contributed by atoms with Gasteiger partial charge in [-0.1, -0.05) is 0 Å². The Labute approximate surface area is 118 Å². The lowest BCUT2D eigenvalue weighted by Crippen LogP contribution is -2.32. The quantitative estimate of drug-likeness (QED) is 0.771. The molecule has 0 aliphatic rings. The Kier molecular flexibility index (Phi) is 5.73. The van der Waals surface area contributed by atoms with Gasteiger partial charge in [-0.3, -0.25) is 4.98 Å². The van der Waals surface area contributed by atoms with Crippen LogP contribution in [0, 0.1) is 0 Å². The summed E-state index contributed by atoms with van der Waals surface area (Å²) >= 11 is 0. The fourth-order valence-electron chi connectivity index (χ4n) is 1.83. The van der Waals surface area contributed by atoms with Crippen molar-refractivity contribution in [3.05, 3.63) is 54.2 Å². The summed E-state index contributed by atoms with van der Waals surface area (Å²) in [7, 11) is 0. The van der Waals surface area contributed by atoms with Crippen LogP contribution in [0.5, 0.6) is 0 Å². The average Bonchev–Trinajstić information content (AvgIpc) is 2.99. The molecule has 0 bridgehead atoms. The van der Waals surface area contributed by atoms with Gasteiger partial charge in [0.15, 0.2) is 0 Å². The van der Waals surface area contributed by atoms with Crippen molar-refractivity contribution in [3.63, 3.8) is 0 Å². The number of pyridine rings is 1. The lowest BCUT2D eigenvalue weighted by molar-refractivity contribution is 0.0217. The van der Waals surface area contributed by atoms with Crippen LogP contribution < -0.4 is 5.32 Å². The number of rotatable bonds is 8. The monoisotopic (exact) mass is 276 g/mol. The van der Waals surface area contributed by atoms with Crippen molar-refractivity contribution in [2.24, 2.45) is 0 Å². The fourth-order valence-corrected chi connectivity index (χ4v) is 1.83. The predicted octanol–water partition coefficient (Wildman–Crippen LogP) is 1.90. The smallest absolute Gasteiger partial charge is 0.129 e. The van der Waals surface area contributed by atoms with Gasteiger partial charge in [0.2, 0.25) is 0 Å². The summed E-state index contributed by atoms with van der Waals surface area (Å²) in [5.74, 6) is 0.760. The van der Waals surface area contributed by atoms with E-state index in [4.69, 9.17) is 9.15 Å². The van der Waals surface area contributed by atoms with E-state index in [1.807, 2.05) is 31.2 Å². The van der Waals surface area contributed by atoms with E-state index in [0.717, 1.165) is 11.3 Å². The van der Waals surface area contributed by atoms with Gasteiger partial charge in [0.05, 0.1) is 19.0 Å². The normalized spacial score (nSPS) is 14.1. The van der Waals surface area contributed by atoms with E-state index < -0.39 is 6.10 Å². The van der Waals surface area contributed by atoms with Crippen LogP contribution in [0.4, 0.5) is 0 Å². The molecular weight excluding hydrogens is 256 g/mol. The second kappa shape index (κ2) is 7.79. The Hall–Kier alpha value is -1.69. The largest absolute Gasteiger partial charge is 0.467 e. The summed E-state index contributed by atoms with van der Waals surface area (Å²) in [5.41, 5.74) is 1.14. The Morgan fingerprint density at radius 3 is 2.85 bits per heavy atom. The number of furan rings is 1. The number of aliphatic hydroxyl groups is 1. The molecule has 2 atom stereocenters. The van der Waals surface area contributed by atoms with Gasteiger partial charge in [-0.05, 0) is 36.8 Å². The second-order valence-corrected chi connectivity index (χ2v) is 4.66. The minimum atomic E-state index is -0.547. The van der Waals surface area contributed by atoms with Crippen LogP contribution in [-0.4, -0.2) is 29.3 Å². The van der Waals surface area contributed by atoms with E-state index in [2.05, 4.69) is 10.3 Å². The summed E-state index contributed by atoms with van der Waals surface area (Å²) in [6.45, 7) is 3.17. The highest BCUT2D eigenvalue weighted by atomic mass is 16.5. The lowest BCUT2D eigenvalue weighted by atomic mass is 10.1. The van der Waals surface area contributed by atoms with Gasteiger partial charge in [-0.15, -0.1) is 0 Å². The highest BCUT2D eigenvalue weighted by Gasteiger charge is 2.09. The Bertz CT molecular complexity index is 473. The highest BCUT2D eigenvalue weighted by molar-refractivity contribution is 5.13. The van der Waals surface area contributed by atoms with Crippen LogP contribution in [0.25, 0.3) is 0 Å². The predicted molar refractivity (Wildman–Crippen MR) is 75.0 cm³/mol. The standard InChI is InChI=1S/C15H20N2O3/c1-12(13-4-6-16-7-5-13)17-9-14(18)10-19-11-15-3-2-8-20-15/h2-8,12,14,17-18H,9-11H2,1H3. The average molecular weight is 276 g/mol. The van der Waals surface area contributed by atoms with E-state index in [9.17, 15) is 5.11 Å². The van der Waals surface area contributed by atoms with Gasteiger partial charge < -0.3 is 19.6 Å². The number of hydrogen-bond donors (Lipinski definition) is 2. The Morgan fingerprint density at radius 1 is 1.35 bits per heavy atom. The third kappa shape index (κ3) is 4.77. The van der Waals surface area contributed by atoms with Crippen LogP contribution in [0.1, 0.15) is 24.3 Å². The summed E-state index contributed by atoms with van der Waals surface area (Å²) in [4.78, 5) is 3.98. The maximum Gasteiger partial charge on any atom is 0.129 e. The van der Waals surface area contributed by atoms with Gasteiger partial charge in [0.1, 0.15) is 12.4 Å². The molecule has 2 aromatic rings. The molecule has 2 N–H and O–H groups in total. The van der Waals surface area contributed by atoms with Crippen molar-refractivity contribution < 1.29 is 14.3 Å². The molecule has 0 fully saturated rings. The highest BCUT2D eigenvalue weighted by Crippen LogP contribution is 2.09. The van der Waals surface area contributed by atoms with E-state index in [-0.39, 0.29) is 12.6 Å². The van der Waals surface area contributed by atoms with Crippen LogP contribution in [-0.2, 0) is 11.3 Å². The van der Waals surface area contributed by atoms with E-state index in [0.29, 0.717) is 13.2 Å². The molecule has 0 aromatic carbocycles. The van der Waals surface area contributed by atoms with Crippen LogP contribution in [0.15, 0.2) is 47.3 Å². The van der Waals surface area contributed by atoms with Gasteiger partial charge in [-0.25, -0.2) is 0 Å². The fraction of sp³-hybridized carbons (Fsp3) is 0.400. The molecule has 108 valence electrons.